The molecule has 15 heteroatoms. The summed E-state index contributed by atoms with van der Waals surface area (Å²) in [6.07, 6.45) is -12.8. The maximum atomic E-state index is 12.4. The fraction of sp³-hybridized carbons (Fsp3) is 0.400. The summed E-state index contributed by atoms with van der Waals surface area (Å²) in [5.41, 5.74) is 3.12. The van der Waals surface area contributed by atoms with E-state index in [-0.39, 0.29) is 21.7 Å². The Kier molecular flexibility index (Phi) is 11.9. The topological polar surface area (TPSA) is 66.4 Å². The van der Waals surface area contributed by atoms with Crippen LogP contribution in [0.1, 0.15) is 52.7 Å². The quantitative estimate of drug-likeness (QED) is 0.0749. The second-order valence-electron chi connectivity index (χ2n) is 11.8. The van der Waals surface area contributed by atoms with Crippen LogP contribution in [0.3, 0.4) is 0 Å². The molecule has 250 valence electrons. The number of benzene rings is 3. The van der Waals surface area contributed by atoms with Gasteiger partial charge in [-0.15, -0.1) is 0 Å². The Morgan fingerprint density at radius 1 is 0.600 bits per heavy atom. The highest BCUT2D eigenvalue weighted by Gasteiger charge is 2.71. The maximum absolute atomic E-state index is 12.4. The third kappa shape index (κ3) is 9.78. The third-order valence-corrected chi connectivity index (χ3v) is 9.85. The lowest BCUT2D eigenvalue weighted by Gasteiger charge is -2.31. The van der Waals surface area contributed by atoms with E-state index in [4.69, 9.17) is 0 Å². The summed E-state index contributed by atoms with van der Waals surface area (Å²) in [5.74, 6) is 0. The Morgan fingerprint density at radius 3 is 1.22 bits per heavy atom. The van der Waals surface area contributed by atoms with Crippen molar-refractivity contribution in [2.45, 2.75) is 88.5 Å². The van der Waals surface area contributed by atoms with Crippen molar-refractivity contribution in [3.63, 3.8) is 0 Å². The Morgan fingerprint density at radius 2 is 0.933 bits per heavy atom. The first-order chi connectivity index (χ1) is 20.1. The molecule has 0 aliphatic rings. The Balaban J connectivity index is 0.000000344. The van der Waals surface area contributed by atoms with Crippen molar-refractivity contribution in [1.29, 1.82) is 0 Å². The van der Waals surface area contributed by atoms with Gasteiger partial charge in [0.25, 0.3) is 0 Å². The highest BCUT2D eigenvalue weighted by molar-refractivity contribution is 14.1. The van der Waals surface area contributed by atoms with Crippen molar-refractivity contribution in [3.8, 4) is 0 Å². The van der Waals surface area contributed by atoms with E-state index >= 15 is 0 Å². The standard InChI is InChI=1S/C26H31S.C4HF8IO4S/c1-25(2,3)20-12-16-23(17-13-20)27(22-10-8-7-9-11-22)24-18-14-21(15-19-24)26(4,5)6;5-1(6,13)2(7,8)17-3(9,10)4(11,12)18(14,15)16/h7-19H,1-6H3;(H,14,15,16)/q+1;/p-1. The predicted molar refractivity (Wildman–Crippen MR) is 163 cm³/mol. The molecule has 0 aliphatic carbocycles. The zero-order chi connectivity index (χ0) is 34.9. The van der Waals surface area contributed by atoms with Crippen LogP contribution in [0.25, 0.3) is 0 Å². The van der Waals surface area contributed by atoms with Gasteiger partial charge in [-0.25, -0.2) is 13.2 Å². The molecule has 0 radical (unpaired) electrons. The van der Waals surface area contributed by atoms with Crippen molar-refractivity contribution >= 4 is 43.6 Å². The number of ether oxygens (including phenoxy) is 1. The normalized spacial score (nSPS) is 13.8. The van der Waals surface area contributed by atoms with Crippen LogP contribution in [0.15, 0.2) is 93.5 Å². The molecule has 0 spiro atoms. The van der Waals surface area contributed by atoms with Crippen LogP contribution >= 0.6 is 22.6 Å². The summed E-state index contributed by atoms with van der Waals surface area (Å²) >= 11 is -0.406. The molecule has 0 heterocycles. The van der Waals surface area contributed by atoms with E-state index in [1.165, 1.54) is 25.8 Å². The largest absolute Gasteiger partial charge is 0.743 e. The van der Waals surface area contributed by atoms with E-state index in [9.17, 15) is 48.1 Å². The second kappa shape index (κ2) is 13.6. The predicted octanol–water partition coefficient (Wildman–Crippen LogP) is 9.73. The molecule has 0 amide bonds. The van der Waals surface area contributed by atoms with Crippen LogP contribution in [-0.4, -0.2) is 34.4 Å². The Labute approximate surface area is 273 Å². The van der Waals surface area contributed by atoms with Gasteiger partial charge >= 0.3 is 21.4 Å². The van der Waals surface area contributed by atoms with Gasteiger partial charge in [-0.2, -0.15) is 35.1 Å². The molecular weight excluding hydrogens is 767 g/mol. The number of hydrogen-bond donors (Lipinski definition) is 0. The van der Waals surface area contributed by atoms with Crippen LogP contribution in [-0.2, 0) is 36.6 Å². The molecule has 0 unspecified atom stereocenters. The van der Waals surface area contributed by atoms with Gasteiger partial charge < -0.3 is 4.55 Å². The van der Waals surface area contributed by atoms with E-state index < -0.39 is 54.1 Å². The molecule has 0 saturated carbocycles. The van der Waals surface area contributed by atoms with Gasteiger partial charge in [0.05, 0.1) is 10.9 Å². The monoisotopic (exact) mass is 798 g/mol. The minimum absolute atomic E-state index is 0.0847. The van der Waals surface area contributed by atoms with Crippen LogP contribution in [0, 0.1) is 0 Å². The Hall–Kier alpha value is -1.95. The molecule has 3 aromatic carbocycles. The van der Waals surface area contributed by atoms with Crippen molar-refractivity contribution in [1.82, 2.24) is 0 Å². The average molecular weight is 799 g/mol. The average Bonchev–Trinajstić information content (AvgIpc) is 2.87. The lowest BCUT2D eigenvalue weighted by atomic mass is 9.87. The van der Waals surface area contributed by atoms with E-state index in [0.29, 0.717) is 0 Å². The summed E-state index contributed by atoms with van der Waals surface area (Å²) in [5, 5.41) is -6.65. The first kappa shape index (κ1) is 39.2. The SMILES string of the molecule is CC(C)(C)c1ccc([S+](c2ccccc2)c2ccc(C(C)(C)C)cc2)cc1.O=S(=O)([O-])C(F)(F)C(F)(F)OC(F)(F)C(F)(F)I. The summed E-state index contributed by atoms with van der Waals surface area (Å²) in [4.78, 5) is 4.11. The van der Waals surface area contributed by atoms with Gasteiger partial charge in [0.1, 0.15) is 0 Å². The number of hydrogen-bond acceptors (Lipinski definition) is 4. The molecule has 0 bridgehead atoms. The molecule has 45 heavy (non-hydrogen) atoms. The van der Waals surface area contributed by atoms with Crippen LogP contribution in [0.4, 0.5) is 35.1 Å². The molecule has 0 aliphatic heterocycles. The number of alkyl halides is 9. The maximum Gasteiger partial charge on any atom is 0.438 e. The van der Waals surface area contributed by atoms with Gasteiger partial charge in [0, 0.05) is 22.6 Å². The molecule has 3 aromatic rings. The van der Waals surface area contributed by atoms with Gasteiger partial charge in [0.15, 0.2) is 24.8 Å². The third-order valence-electron chi connectivity index (χ3n) is 6.13. The van der Waals surface area contributed by atoms with Gasteiger partial charge in [-0.05, 0) is 58.4 Å². The highest BCUT2D eigenvalue weighted by Crippen LogP contribution is 2.48. The smallest absolute Gasteiger partial charge is 0.438 e. The molecule has 0 N–H and O–H groups in total. The fourth-order valence-corrected chi connectivity index (χ4v) is 6.08. The molecular formula is C30H31F8IO4S2. The summed E-state index contributed by atoms with van der Waals surface area (Å²) < 4.78 is 123. The minimum Gasteiger partial charge on any atom is -0.743 e. The zero-order valence-corrected chi connectivity index (χ0v) is 28.6. The molecule has 0 saturated heterocycles. The minimum atomic E-state index is -7.12. The van der Waals surface area contributed by atoms with Crippen LogP contribution in [0.5, 0.6) is 0 Å². The fourth-order valence-electron chi connectivity index (χ4n) is 3.57. The first-order valence-corrected chi connectivity index (χ1v) is 16.7. The van der Waals surface area contributed by atoms with E-state index in [0.717, 1.165) is 0 Å². The zero-order valence-electron chi connectivity index (χ0n) is 24.9. The summed E-state index contributed by atoms with van der Waals surface area (Å²) in [6, 6.07) is 29.3. The molecule has 0 fully saturated rings. The van der Waals surface area contributed by atoms with E-state index in [1.807, 2.05) is 4.74 Å². The highest BCUT2D eigenvalue weighted by atomic mass is 127. The lowest BCUT2D eigenvalue weighted by Crippen LogP contribution is -2.54. The summed E-state index contributed by atoms with van der Waals surface area (Å²) in [6.45, 7) is 13.6. The molecule has 3 rings (SSSR count). The van der Waals surface area contributed by atoms with Crippen molar-refractivity contribution in [2.24, 2.45) is 0 Å². The molecule has 4 nitrogen and oxygen atoms in total. The second-order valence-corrected chi connectivity index (χ2v) is 16.6. The molecule has 0 atom stereocenters. The van der Waals surface area contributed by atoms with Crippen LogP contribution < -0.4 is 0 Å². The lowest BCUT2D eigenvalue weighted by molar-refractivity contribution is -0.438. The van der Waals surface area contributed by atoms with Crippen molar-refractivity contribution in [3.05, 3.63) is 90.0 Å². The van der Waals surface area contributed by atoms with Gasteiger partial charge in [0.2, 0.25) is 0 Å². The number of rotatable bonds is 8. The van der Waals surface area contributed by atoms with Crippen LogP contribution in [0.2, 0.25) is 0 Å². The first-order valence-electron chi connectivity index (χ1n) is 13.0. The van der Waals surface area contributed by atoms with Crippen molar-refractivity contribution in [2.75, 3.05) is 0 Å². The van der Waals surface area contributed by atoms with Gasteiger partial charge in [-0.3, -0.25) is 0 Å². The van der Waals surface area contributed by atoms with Crippen molar-refractivity contribution < 1.29 is 52.8 Å². The number of halogens is 9. The van der Waals surface area contributed by atoms with Gasteiger partial charge in [-0.1, -0.05) is 84.0 Å². The summed E-state index contributed by atoms with van der Waals surface area (Å²) in [7, 11) is -7.20. The Bertz CT molecular complexity index is 1460. The molecule has 0 aromatic heterocycles. The van der Waals surface area contributed by atoms with E-state index in [1.54, 1.807) is 0 Å². The van der Waals surface area contributed by atoms with E-state index in [2.05, 4.69) is 120 Å².